The van der Waals surface area contributed by atoms with Crippen LogP contribution >= 0.6 is 0 Å². The van der Waals surface area contributed by atoms with Crippen molar-refractivity contribution in [3.8, 4) is 0 Å². The molecule has 0 aliphatic heterocycles. The van der Waals surface area contributed by atoms with E-state index in [4.69, 9.17) is 0 Å². The molecule has 0 radical (unpaired) electrons. The summed E-state index contributed by atoms with van der Waals surface area (Å²) in [5.41, 5.74) is 0.288. The van der Waals surface area contributed by atoms with E-state index >= 15 is 0 Å². The van der Waals surface area contributed by atoms with Crippen LogP contribution in [0.1, 0.15) is 35.3 Å². The van der Waals surface area contributed by atoms with Gasteiger partial charge in [-0.1, -0.05) is 12.1 Å². The molecule has 2 aromatic rings. The summed E-state index contributed by atoms with van der Waals surface area (Å²) in [6.45, 7) is 5.84. The van der Waals surface area contributed by atoms with Gasteiger partial charge in [0.2, 0.25) is 0 Å². The van der Waals surface area contributed by atoms with Crippen LogP contribution in [0.4, 0.5) is 19.0 Å². The third-order valence-corrected chi connectivity index (χ3v) is 3.83. The van der Waals surface area contributed by atoms with E-state index in [2.05, 4.69) is 15.2 Å². The van der Waals surface area contributed by atoms with Gasteiger partial charge in [0.1, 0.15) is 5.82 Å². The lowest BCUT2D eigenvalue weighted by Gasteiger charge is -2.19. The smallest absolute Gasteiger partial charge is 0.357 e. The molecule has 7 heteroatoms. The molecule has 0 atom stereocenters. The van der Waals surface area contributed by atoms with Crippen molar-refractivity contribution in [3.05, 3.63) is 59.3 Å². The largest absolute Gasteiger partial charge is 0.416 e. The van der Waals surface area contributed by atoms with Crippen molar-refractivity contribution in [1.82, 2.24) is 10.3 Å². The molecule has 2 rings (SSSR count). The van der Waals surface area contributed by atoms with Crippen LogP contribution in [0.25, 0.3) is 0 Å². The molecule has 1 amide bonds. The molecule has 1 aromatic heterocycles. The number of hydrogen-bond donors (Lipinski definition) is 1. The number of halogens is 3. The van der Waals surface area contributed by atoms with Crippen LogP contribution in [0.15, 0.2) is 42.6 Å². The Kier molecular flexibility index (Phi) is 6.01. The topological polar surface area (TPSA) is 45.2 Å². The zero-order valence-corrected chi connectivity index (χ0v) is 14.1. The molecular weight excluding hydrogens is 331 g/mol. The first-order valence-electron chi connectivity index (χ1n) is 8.00. The Labute approximate surface area is 144 Å². The van der Waals surface area contributed by atoms with E-state index in [1.807, 2.05) is 13.8 Å². The Morgan fingerprint density at radius 2 is 1.72 bits per heavy atom. The van der Waals surface area contributed by atoms with Gasteiger partial charge in [0, 0.05) is 25.8 Å². The number of amides is 1. The van der Waals surface area contributed by atoms with Gasteiger partial charge in [0.25, 0.3) is 5.91 Å². The van der Waals surface area contributed by atoms with Crippen LogP contribution in [0.2, 0.25) is 0 Å². The second-order valence-electron chi connectivity index (χ2n) is 5.45. The maximum absolute atomic E-state index is 12.5. The number of alkyl halides is 3. The van der Waals surface area contributed by atoms with Gasteiger partial charge in [-0.15, -0.1) is 0 Å². The molecule has 1 N–H and O–H groups in total. The van der Waals surface area contributed by atoms with E-state index < -0.39 is 11.7 Å². The first-order valence-corrected chi connectivity index (χ1v) is 8.00. The summed E-state index contributed by atoms with van der Waals surface area (Å²) in [6, 6.07) is 8.17. The van der Waals surface area contributed by atoms with Crippen LogP contribution in [0.5, 0.6) is 0 Å². The van der Waals surface area contributed by atoms with Gasteiger partial charge in [0.05, 0.1) is 11.1 Å². The third kappa shape index (κ3) is 4.95. The summed E-state index contributed by atoms with van der Waals surface area (Å²) in [4.78, 5) is 18.5. The lowest BCUT2D eigenvalue weighted by atomic mass is 10.1. The standard InChI is InChI=1S/C18H20F3N3O/c1-3-24(4-2)16-10-7-14(12-22-16)17(25)23-11-13-5-8-15(9-6-13)18(19,20)21/h5-10,12H,3-4,11H2,1-2H3,(H,23,25). The van der Waals surface area contributed by atoms with Gasteiger partial charge in [-0.05, 0) is 43.7 Å². The number of rotatable bonds is 6. The number of nitrogens with one attached hydrogen (secondary N) is 1. The van der Waals surface area contributed by atoms with Gasteiger partial charge in [0.15, 0.2) is 0 Å². The lowest BCUT2D eigenvalue weighted by molar-refractivity contribution is -0.137. The molecule has 0 unspecified atom stereocenters. The second-order valence-corrected chi connectivity index (χ2v) is 5.45. The molecule has 0 saturated heterocycles. The minimum absolute atomic E-state index is 0.148. The highest BCUT2D eigenvalue weighted by atomic mass is 19.4. The summed E-state index contributed by atoms with van der Waals surface area (Å²) in [6.07, 6.45) is -2.87. The zero-order valence-electron chi connectivity index (χ0n) is 14.1. The van der Waals surface area contributed by atoms with E-state index in [1.165, 1.54) is 18.3 Å². The fourth-order valence-electron chi connectivity index (χ4n) is 2.35. The van der Waals surface area contributed by atoms with Crippen LogP contribution in [0, 0.1) is 0 Å². The maximum atomic E-state index is 12.5. The van der Waals surface area contributed by atoms with Crippen molar-refractivity contribution in [1.29, 1.82) is 0 Å². The average molecular weight is 351 g/mol. The fourth-order valence-corrected chi connectivity index (χ4v) is 2.35. The van der Waals surface area contributed by atoms with Crippen LogP contribution < -0.4 is 10.2 Å². The van der Waals surface area contributed by atoms with E-state index in [9.17, 15) is 18.0 Å². The number of carbonyl (C=O) groups excluding carboxylic acids is 1. The average Bonchev–Trinajstić information content (AvgIpc) is 2.61. The highest BCUT2D eigenvalue weighted by Crippen LogP contribution is 2.29. The number of anilines is 1. The van der Waals surface area contributed by atoms with Crippen molar-refractivity contribution >= 4 is 11.7 Å². The highest BCUT2D eigenvalue weighted by molar-refractivity contribution is 5.94. The molecule has 0 spiro atoms. The van der Waals surface area contributed by atoms with Crippen molar-refractivity contribution in [2.45, 2.75) is 26.6 Å². The number of aromatic nitrogens is 1. The molecule has 1 aromatic carbocycles. The van der Waals surface area contributed by atoms with Gasteiger partial charge in [-0.2, -0.15) is 13.2 Å². The van der Waals surface area contributed by atoms with E-state index in [1.54, 1.807) is 12.1 Å². The number of nitrogens with zero attached hydrogens (tertiary/aromatic N) is 2. The van der Waals surface area contributed by atoms with Gasteiger partial charge >= 0.3 is 6.18 Å². The molecule has 25 heavy (non-hydrogen) atoms. The molecule has 0 aliphatic rings. The second kappa shape index (κ2) is 8.00. The lowest BCUT2D eigenvalue weighted by Crippen LogP contribution is -2.25. The van der Waals surface area contributed by atoms with E-state index in [0.717, 1.165) is 31.0 Å². The van der Waals surface area contributed by atoms with Crippen molar-refractivity contribution in [3.63, 3.8) is 0 Å². The minimum Gasteiger partial charge on any atom is -0.357 e. The van der Waals surface area contributed by atoms with Crippen molar-refractivity contribution in [2.75, 3.05) is 18.0 Å². The summed E-state index contributed by atoms with van der Waals surface area (Å²) in [5, 5.41) is 2.68. The monoisotopic (exact) mass is 351 g/mol. The van der Waals surface area contributed by atoms with Crippen molar-refractivity contribution in [2.24, 2.45) is 0 Å². The van der Waals surface area contributed by atoms with Crippen LogP contribution in [-0.4, -0.2) is 24.0 Å². The predicted octanol–water partition coefficient (Wildman–Crippen LogP) is 3.88. The summed E-state index contributed by atoms with van der Waals surface area (Å²) >= 11 is 0. The summed E-state index contributed by atoms with van der Waals surface area (Å²) in [7, 11) is 0. The van der Waals surface area contributed by atoms with Crippen LogP contribution in [-0.2, 0) is 12.7 Å². The van der Waals surface area contributed by atoms with E-state index in [-0.39, 0.29) is 12.5 Å². The van der Waals surface area contributed by atoms with Crippen LogP contribution in [0.3, 0.4) is 0 Å². The SMILES string of the molecule is CCN(CC)c1ccc(C(=O)NCc2ccc(C(F)(F)F)cc2)cn1. The third-order valence-electron chi connectivity index (χ3n) is 3.83. The quantitative estimate of drug-likeness (QED) is 0.859. The molecule has 134 valence electrons. The fraction of sp³-hybridized carbons (Fsp3) is 0.333. The normalized spacial score (nSPS) is 11.2. The van der Waals surface area contributed by atoms with E-state index in [0.29, 0.717) is 11.1 Å². The summed E-state index contributed by atoms with van der Waals surface area (Å²) in [5.74, 6) is 0.475. The Morgan fingerprint density at radius 3 is 2.20 bits per heavy atom. The number of hydrogen-bond acceptors (Lipinski definition) is 3. The van der Waals surface area contributed by atoms with Gasteiger partial charge in [-0.25, -0.2) is 4.98 Å². The Hall–Kier alpha value is -2.57. The zero-order chi connectivity index (χ0) is 18.4. The molecular formula is C18H20F3N3O. The van der Waals surface area contributed by atoms with Gasteiger partial charge < -0.3 is 10.2 Å². The molecule has 1 heterocycles. The molecule has 4 nitrogen and oxygen atoms in total. The molecule has 0 bridgehead atoms. The number of benzene rings is 1. The Balaban J connectivity index is 1.96. The van der Waals surface area contributed by atoms with Crippen molar-refractivity contribution < 1.29 is 18.0 Å². The summed E-state index contributed by atoms with van der Waals surface area (Å²) < 4.78 is 37.5. The molecule has 0 aliphatic carbocycles. The van der Waals surface area contributed by atoms with Gasteiger partial charge in [-0.3, -0.25) is 4.79 Å². The first kappa shape index (κ1) is 18.8. The molecule has 0 fully saturated rings. The number of pyridine rings is 1. The highest BCUT2D eigenvalue weighted by Gasteiger charge is 2.29. The Morgan fingerprint density at radius 1 is 1.08 bits per heavy atom. The minimum atomic E-state index is -4.36. The maximum Gasteiger partial charge on any atom is 0.416 e. The number of carbonyl (C=O) groups is 1. The predicted molar refractivity (Wildman–Crippen MR) is 90.4 cm³/mol. The first-order chi connectivity index (χ1) is 11.8. The molecule has 0 saturated carbocycles. The Bertz CT molecular complexity index is 693.